The van der Waals surface area contributed by atoms with Crippen LogP contribution in [0.15, 0.2) is 27.4 Å². The summed E-state index contributed by atoms with van der Waals surface area (Å²) in [5.74, 6) is 0.328. The monoisotopic (exact) mass is 270 g/mol. The van der Waals surface area contributed by atoms with Crippen molar-refractivity contribution in [3.8, 4) is 0 Å². The van der Waals surface area contributed by atoms with E-state index in [0.717, 1.165) is 12.1 Å². The highest BCUT2D eigenvalue weighted by atomic mass is 19.4. The lowest BCUT2D eigenvalue weighted by Crippen LogP contribution is -2.13. The predicted octanol–water partition coefficient (Wildman–Crippen LogP) is 4.24. The van der Waals surface area contributed by atoms with E-state index in [4.69, 9.17) is 4.42 Å². The molecule has 2 aromatic rings. The lowest BCUT2D eigenvalue weighted by Gasteiger charge is -2.11. The molecule has 0 aliphatic heterocycles. The van der Waals surface area contributed by atoms with Crippen molar-refractivity contribution < 1.29 is 17.6 Å². The van der Waals surface area contributed by atoms with Gasteiger partial charge in [-0.25, -0.2) is 0 Å². The molecule has 0 bridgehead atoms. The van der Waals surface area contributed by atoms with Crippen molar-refractivity contribution in [2.24, 2.45) is 0 Å². The van der Waals surface area contributed by atoms with E-state index < -0.39 is 11.7 Å². The minimum absolute atomic E-state index is 0.0262. The zero-order chi connectivity index (χ0) is 14.4. The minimum atomic E-state index is -4.45. The average Bonchev–Trinajstić information content (AvgIpc) is 2.26. The Morgan fingerprint density at radius 3 is 2.37 bits per heavy atom. The van der Waals surface area contributed by atoms with Crippen LogP contribution in [0.3, 0.4) is 0 Å². The van der Waals surface area contributed by atoms with E-state index in [9.17, 15) is 18.0 Å². The van der Waals surface area contributed by atoms with E-state index in [1.165, 1.54) is 6.07 Å². The molecule has 1 heterocycles. The van der Waals surface area contributed by atoms with Gasteiger partial charge >= 0.3 is 6.18 Å². The first kappa shape index (κ1) is 13.6. The summed E-state index contributed by atoms with van der Waals surface area (Å²) in [6.45, 7) is 5.28. The molecule has 0 radical (unpaired) electrons. The highest BCUT2D eigenvalue weighted by Crippen LogP contribution is 2.31. The van der Waals surface area contributed by atoms with E-state index in [2.05, 4.69) is 0 Å². The first-order chi connectivity index (χ1) is 8.71. The number of fused-ring (bicyclic) bond motifs is 1. The van der Waals surface area contributed by atoms with Gasteiger partial charge in [-0.15, -0.1) is 0 Å². The van der Waals surface area contributed by atoms with Gasteiger partial charge in [0.15, 0.2) is 5.43 Å². The van der Waals surface area contributed by atoms with Crippen molar-refractivity contribution in [3.05, 3.63) is 45.3 Å². The summed E-state index contributed by atoms with van der Waals surface area (Å²) in [7, 11) is 0. The summed E-state index contributed by atoms with van der Waals surface area (Å²) in [6, 6.07) is 2.95. The highest BCUT2D eigenvalue weighted by Gasteiger charge is 2.31. The zero-order valence-electron chi connectivity index (χ0n) is 10.8. The number of hydrogen-bond donors (Lipinski definition) is 0. The quantitative estimate of drug-likeness (QED) is 0.775. The number of hydrogen-bond acceptors (Lipinski definition) is 2. The molecule has 0 N–H and O–H groups in total. The molecule has 102 valence electrons. The molecule has 0 saturated heterocycles. The van der Waals surface area contributed by atoms with Crippen LogP contribution in [0.1, 0.15) is 36.7 Å². The Kier molecular flexibility index (Phi) is 3.16. The normalized spacial score (nSPS) is 12.4. The van der Waals surface area contributed by atoms with E-state index in [1.807, 2.05) is 13.8 Å². The van der Waals surface area contributed by atoms with Gasteiger partial charge in [-0.2, -0.15) is 13.2 Å². The van der Waals surface area contributed by atoms with Crippen LogP contribution >= 0.6 is 0 Å². The first-order valence-electron chi connectivity index (χ1n) is 5.86. The van der Waals surface area contributed by atoms with Crippen molar-refractivity contribution in [2.75, 3.05) is 0 Å². The Labute approximate surface area is 107 Å². The maximum absolute atomic E-state index is 12.6. The van der Waals surface area contributed by atoms with Crippen molar-refractivity contribution in [3.63, 3.8) is 0 Å². The first-order valence-corrected chi connectivity index (χ1v) is 5.86. The molecular weight excluding hydrogens is 257 g/mol. The van der Waals surface area contributed by atoms with Crippen LogP contribution in [0.2, 0.25) is 0 Å². The van der Waals surface area contributed by atoms with Gasteiger partial charge in [0.1, 0.15) is 11.3 Å². The molecule has 2 nitrogen and oxygen atoms in total. The van der Waals surface area contributed by atoms with E-state index >= 15 is 0 Å². The molecule has 19 heavy (non-hydrogen) atoms. The second-order valence-corrected chi connectivity index (χ2v) is 4.76. The lowest BCUT2D eigenvalue weighted by molar-refractivity contribution is -0.137. The number of aryl methyl sites for hydroxylation is 1. The third-order valence-corrected chi connectivity index (χ3v) is 3.02. The maximum Gasteiger partial charge on any atom is 0.416 e. The van der Waals surface area contributed by atoms with Gasteiger partial charge in [0.05, 0.1) is 10.9 Å². The van der Waals surface area contributed by atoms with Crippen molar-refractivity contribution in [1.29, 1.82) is 0 Å². The molecule has 0 amide bonds. The van der Waals surface area contributed by atoms with Gasteiger partial charge in [-0.3, -0.25) is 4.79 Å². The van der Waals surface area contributed by atoms with Crippen LogP contribution in [-0.4, -0.2) is 0 Å². The summed E-state index contributed by atoms with van der Waals surface area (Å²) < 4.78 is 43.2. The fraction of sp³-hybridized carbons (Fsp3) is 0.357. The molecule has 0 spiro atoms. The summed E-state index contributed by atoms with van der Waals surface area (Å²) in [6.07, 6.45) is -4.45. The molecule has 0 fully saturated rings. The van der Waals surface area contributed by atoms with Gasteiger partial charge in [0, 0.05) is 5.56 Å². The molecule has 0 unspecified atom stereocenters. The second kappa shape index (κ2) is 4.40. The van der Waals surface area contributed by atoms with Crippen LogP contribution in [0.5, 0.6) is 0 Å². The molecule has 5 heteroatoms. The Morgan fingerprint density at radius 2 is 1.84 bits per heavy atom. The van der Waals surface area contributed by atoms with Gasteiger partial charge < -0.3 is 4.42 Å². The largest absolute Gasteiger partial charge is 0.461 e. The van der Waals surface area contributed by atoms with Crippen LogP contribution < -0.4 is 5.43 Å². The predicted molar refractivity (Wildman–Crippen MR) is 66.3 cm³/mol. The Morgan fingerprint density at radius 1 is 1.21 bits per heavy atom. The van der Waals surface area contributed by atoms with Crippen LogP contribution in [-0.2, 0) is 6.18 Å². The smallest absolute Gasteiger partial charge is 0.416 e. The van der Waals surface area contributed by atoms with Gasteiger partial charge in [0.2, 0.25) is 0 Å². The third kappa shape index (κ3) is 2.37. The number of alkyl halides is 3. The summed E-state index contributed by atoms with van der Waals surface area (Å²) >= 11 is 0. The Balaban J connectivity index is 2.78. The average molecular weight is 270 g/mol. The number of halogens is 3. The van der Waals surface area contributed by atoms with Crippen molar-refractivity contribution in [2.45, 2.75) is 32.9 Å². The molecular formula is C14H13F3O2. The van der Waals surface area contributed by atoms with E-state index in [0.29, 0.717) is 11.3 Å². The fourth-order valence-electron chi connectivity index (χ4n) is 2.16. The Hall–Kier alpha value is -1.78. The lowest BCUT2D eigenvalue weighted by atomic mass is 10.00. The van der Waals surface area contributed by atoms with Crippen molar-refractivity contribution in [1.82, 2.24) is 0 Å². The van der Waals surface area contributed by atoms with Gasteiger partial charge in [-0.1, -0.05) is 13.8 Å². The molecule has 0 atom stereocenters. The summed E-state index contributed by atoms with van der Waals surface area (Å²) in [5, 5.41) is 0.183. The van der Waals surface area contributed by atoms with Gasteiger partial charge in [-0.05, 0) is 31.0 Å². The fourth-order valence-corrected chi connectivity index (χ4v) is 2.16. The second-order valence-electron chi connectivity index (χ2n) is 4.76. The molecule has 0 aliphatic carbocycles. The molecule has 0 aliphatic rings. The molecule has 1 aromatic carbocycles. The number of rotatable bonds is 1. The topological polar surface area (TPSA) is 30.2 Å². The van der Waals surface area contributed by atoms with Crippen LogP contribution in [0.25, 0.3) is 11.0 Å². The van der Waals surface area contributed by atoms with Crippen molar-refractivity contribution >= 4 is 11.0 Å². The minimum Gasteiger partial charge on any atom is -0.461 e. The van der Waals surface area contributed by atoms with Crippen LogP contribution in [0, 0.1) is 6.92 Å². The van der Waals surface area contributed by atoms with E-state index in [1.54, 1.807) is 6.92 Å². The summed E-state index contributed by atoms with van der Waals surface area (Å²) in [4.78, 5) is 12.2. The zero-order valence-corrected chi connectivity index (χ0v) is 10.8. The molecule has 2 rings (SSSR count). The van der Waals surface area contributed by atoms with Crippen LogP contribution in [0.4, 0.5) is 13.2 Å². The molecule has 1 aromatic heterocycles. The molecule has 0 saturated carbocycles. The maximum atomic E-state index is 12.6. The Bertz CT molecular complexity index is 681. The van der Waals surface area contributed by atoms with E-state index in [-0.39, 0.29) is 22.3 Å². The van der Waals surface area contributed by atoms with Gasteiger partial charge in [0.25, 0.3) is 0 Å². The SMILES string of the molecule is Cc1oc2cc(C(F)(F)F)ccc2c(=O)c1C(C)C. The summed E-state index contributed by atoms with van der Waals surface area (Å²) in [5.41, 5.74) is -0.601. The third-order valence-electron chi connectivity index (χ3n) is 3.02. The highest BCUT2D eigenvalue weighted by molar-refractivity contribution is 5.78. The standard InChI is InChI=1S/C14H13F3O2/c1-7(2)12-8(3)19-11-6-9(14(15,16)17)4-5-10(11)13(12)18/h4-7H,1-3H3. The number of benzene rings is 1.